The van der Waals surface area contributed by atoms with E-state index in [1.807, 2.05) is 10.6 Å². The van der Waals surface area contributed by atoms with Gasteiger partial charge in [-0.25, -0.2) is 13.4 Å². The van der Waals surface area contributed by atoms with Crippen molar-refractivity contribution in [3.05, 3.63) is 47.5 Å². The molecule has 1 N–H and O–H groups in total. The van der Waals surface area contributed by atoms with Crippen molar-refractivity contribution in [1.82, 2.24) is 29.6 Å². The Morgan fingerprint density at radius 2 is 2.10 bits per heavy atom. The van der Waals surface area contributed by atoms with Crippen molar-refractivity contribution in [1.29, 1.82) is 0 Å². The summed E-state index contributed by atoms with van der Waals surface area (Å²) in [7, 11) is -3.52. The van der Waals surface area contributed by atoms with Gasteiger partial charge in [-0.05, 0) is 24.3 Å². The zero-order valence-corrected chi connectivity index (χ0v) is 17.5. The summed E-state index contributed by atoms with van der Waals surface area (Å²) in [5.74, 6) is 0.636. The minimum absolute atomic E-state index is 0.00307. The number of imidazole rings is 1. The molecular weight excluding hydrogens is 428 g/mol. The van der Waals surface area contributed by atoms with E-state index in [4.69, 9.17) is 16.6 Å². The molecule has 1 aliphatic rings. The third-order valence-corrected chi connectivity index (χ3v) is 6.45. The molecule has 0 bridgehead atoms. The molecule has 0 aliphatic carbocycles. The summed E-state index contributed by atoms with van der Waals surface area (Å²) in [6, 6.07) is 6.96. The average Bonchev–Trinajstić information content (AvgIpc) is 3.36. The number of halogens is 1. The molecular formula is C19H17ClN6O3S. The van der Waals surface area contributed by atoms with Gasteiger partial charge in [-0.1, -0.05) is 11.6 Å². The number of nitrogens with one attached hydrogen (secondary N) is 1. The second-order valence-electron chi connectivity index (χ2n) is 7.32. The molecule has 1 saturated heterocycles. The third-order valence-electron chi connectivity index (χ3n) is 5.21. The number of fused-ring (bicyclic) bond motifs is 2. The average molecular weight is 445 g/mol. The minimum atomic E-state index is -3.52. The Kier molecular flexibility index (Phi) is 4.30. The minimum Gasteiger partial charge on any atom is -0.354 e. The Hall–Kier alpha value is -2.98. The molecule has 0 saturated carbocycles. The van der Waals surface area contributed by atoms with Gasteiger partial charge < -0.3 is 9.88 Å². The Morgan fingerprint density at radius 1 is 1.27 bits per heavy atom. The van der Waals surface area contributed by atoms with Crippen LogP contribution in [0.15, 0.2) is 41.7 Å². The van der Waals surface area contributed by atoms with Crippen LogP contribution in [0.1, 0.15) is 18.3 Å². The fourth-order valence-corrected chi connectivity index (χ4v) is 4.92. The van der Waals surface area contributed by atoms with E-state index in [1.54, 1.807) is 29.1 Å². The molecule has 1 aliphatic heterocycles. The molecule has 4 aromatic rings. The quantitative estimate of drug-likeness (QED) is 0.515. The topological polar surface area (TPSA) is 112 Å². The summed E-state index contributed by atoms with van der Waals surface area (Å²) in [5, 5.41) is 8.28. The summed E-state index contributed by atoms with van der Waals surface area (Å²) in [4.78, 5) is 20.7. The molecule has 1 amide bonds. The number of benzene rings is 1. The largest absolute Gasteiger partial charge is 0.354 e. The first kappa shape index (κ1) is 19.0. The highest BCUT2D eigenvalue weighted by Crippen LogP contribution is 2.29. The number of hydrogen-bond acceptors (Lipinski definition) is 6. The van der Waals surface area contributed by atoms with Gasteiger partial charge in [0.15, 0.2) is 14.9 Å². The molecule has 4 heterocycles. The molecule has 1 fully saturated rings. The van der Waals surface area contributed by atoms with Crippen LogP contribution in [0.5, 0.6) is 0 Å². The van der Waals surface area contributed by atoms with Gasteiger partial charge in [0.1, 0.15) is 5.82 Å². The van der Waals surface area contributed by atoms with Crippen molar-refractivity contribution in [3.8, 4) is 0 Å². The predicted octanol–water partition coefficient (Wildman–Crippen LogP) is 1.95. The van der Waals surface area contributed by atoms with E-state index in [2.05, 4.69) is 15.4 Å². The number of rotatable bonds is 4. The zero-order chi connectivity index (χ0) is 21.0. The van der Waals surface area contributed by atoms with E-state index in [1.165, 1.54) is 6.20 Å². The molecule has 0 spiro atoms. The molecule has 0 radical (unpaired) electrons. The van der Waals surface area contributed by atoms with E-state index in [-0.39, 0.29) is 23.5 Å². The van der Waals surface area contributed by atoms with Crippen LogP contribution in [0.3, 0.4) is 0 Å². The van der Waals surface area contributed by atoms with Crippen LogP contribution in [-0.2, 0) is 21.2 Å². The van der Waals surface area contributed by atoms with Crippen molar-refractivity contribution < 1.29 is 13.2 Å². The normalized spacial score (nSPS) is 17.1. The van der Waals surface area contributed by atoms with Gasteiger partial charge in [0.2, 0.25) is 5.91 Å². The highest BCUT2D eigenvalue weighted by atomic mass is 35.5. The Morgan fingerprint density at radius 3 is 2.83 bits per heavy atom. The van der Waals surface area contributed by atoms with Crippen LogP contribution >= 0.6 is 11.6 Å². The Balaban J connectivity index is 1.69. The van der Waals surface area contributed by atoms with Gasteiger partial charge in [0.25, 0.3) is 0 Å². The molecule has 30 heavy (non-hydrogen) atoms. The van der Waals surface area contributed by atoms with E-state index < -0.39 is 9.84 Å². The van der Waals surface area contributed by atoms with Gasteiger partial charge >= 0.3 is 0 Å². The van der Waals surface area contributed by atoms with Gasteiger partial charge in [0.05, 0.1) is 35.3 Å². The molecule has 1 atom stereocenters. The maximum atomic E-state index is 12.2. The lowest BCUT2D eigenvalue weighted by Gasteiger charge is -2.15. The highest BCUT2D eigenvalue weighted by Gasteiger charge is 2.28. The maximum absolute atomic E-state index is 12.2. The lowest BCUT2D eigenvalue weighted by atomic mass is 10.2. The molecule has 154 valence electrons. The van der Waals surface area contributed by atoms with E-state index in [0.717, 1.165) is 11.8 Å². The number of sulfone groups is 1. The summed E-state index contributed by atoms with van der Waals surface area (Å²) in [5.41, 5.74) is 2.15. The van der Waals surface area contributed by atoms with Crippen LogP contribution in [0.4, 0.5) is 0 Å². The van der Waals surface area contributed by atoms with Gasteiger partial charge in [-0.3, -0.25) is 14.5 Å². The molecule has 5 rings (SSSR count). The number of amides is 1. The number of carbonyl (C=O) groups is 1. The first-order valence-corrected chi connectivity index (χ1v) is 11.5. The predicted molar refractivity (Wildman–Crippen MR) is 111 cm³/mol. The monoisotopic (exact) mass is 444 g/mol. The summed E-state index contributed by atoms with van der Waals surface area (Å²) in [6.07, 6.45) is 4.60. The zero-order valence-electron chi connectivity index (χ0n) is 15.9. The lowest BCUT2D eigenvalue weighted by Crippen LogP contribution is -2.18. The number of carbonyl (C=O) groups excluding carboxylic acids is 1. The van der Waals surface area contributed by atoms with Crippen molar-refractivity contribution in [3.63, 3.8) is 0 Å². The van der Waals surface area contributed by atoms with Crippen LogP contribution < -0.4 is 5.32 Å². The molecule has 11 heteroatoms. The van der Waals surface area contributed by atoms with E-state index in [9.17, 15) is 13.2 Å². The van der Waals surface area contributed by atoms with Crippen molar-refractivity contribution in [2.45, 2.75) is 24.0 Å². The van der Waals surface area contributed by atoms with Gasteiger partial charge in [-0.2, -0.15) is 5.10 Å². The van der Waals surface area contributed by atoms with Gasteiger partial charge in [-0.15, -0.1) is 0 Å². The maximum Gasteiger partial charge on any atom is 0.222 e. The SMILES string of the molecule is CS(=O)(=O)c1nn(Cc2nc3cc(Cl)ccc3n2C2CNC(=O)C2)c2cnccc12. The summed E-state index contributed by atoms with van der Waals surface area (Å²) in [6.45, 7) is 0.713. The second kappa shape index (κ2) is 6.78. The van der Waals surface area contributed by atoms with Crippen LogP contribution in [0, 0.1) is 0 Å². The molecule has 1 aromatic carbocycles. The smallest absolute Gasteiger partial charge is 0.222 e. The number of aromatic nitrogens is 5. The number of pyridine rings is 1. The number of nitrogens with zero attached hydrogens (tertiary/aromatic N) is 5. The molecule has 3 aromatic heterocycles. The standard InChI is InChI=1S/C19H17ClN6O3S/c1-30(28,29)19-13-4-5-21-9-16(13)25(24-19)10-17-23-14-6-11(20)2-3-15(14)26(17)12-7-18(27)22-8-12/h2-6,9,12H,7-8,10H2,1H3,(H,22,27). The van der Waals surface area contributed by atoms with Crippen LogP contribution in [-0.4, -0.2) is 51.4 Å². The van der Waals surface area contributed by atoms with E-state index >= 15 is 0 Å². The van der Waals surface area contributed by atoms with Crippen molar-refractivity contribution >= 4 is 49.3 Å². The van der Waals surface area contributed by atoms with Gasteiger partial charge in [0, 0.05) is 35.8 Å². The second-order valence-corrected chi connectivity index (χ2v) is 9.69. The Labute approximate surface area is 176 Å². The van der Waals surface area contributed by atoms with Crippen LogP contribution in [0.2, 0.25) is 5.02 Å². The first-order chi connectivity index (χ1) is 14.3. The van der Waals surface area contributed by atoms with E-state index in [0.29, 0.717) is 40.2 Å². The third kappa shape index (κ3) is 3.12. The van der Waals surface area contributed by atoms with Crippen LogP contribution in [0.25, 0.3) is 21.9 Å². The highest BCUT2D eigenvalue weighted by molar-refractivity contribution is 7.90. The summed E-state index contributed by atoms with van der Waals surface area (Å²) < 4.78 is 28.0. The van der Waals surface area contributed by atoms with Crippen molar-refractivity contribution in [2.75, 3.05) is 12.8 Å². The first-order valence-electron chi connectivity index (χ1n) is 9.25. The fraction of sp³-hybridized carbons (Fsp3) is 0.263. The lowest BCUT2D eigenvalue weighted by molar-refractivity contribution is -0.119. The molecule has 1 unspecified atom stereocenters. The molecule has 9 nitrogen and oxygen atoms in total. The number of hydrogen-bond donors (Lipinski definition) is 1. The Bertz CT molecular complexity index is 1430. The van der Waals surface area contributed by atoms with Crippen molar-refractivity contribution in [2.24, 2.45) is 0 Å². The fourth-order valence-electron chi connectivity index (χ4n) is 3.93. The summed E-state index contributed by atoms with van der Waals surface area (Å²) >= 11 is 6.15.